The van der Waals surface area contributed by atoms with Gasteiger partial charge in [0.1, 0.15) is 11.9 Å². The predicted molar refractivity (Wildman–Crippen MR) is 168 cm³/mol. The first-order valence-corrected chi connectivity index (χ1v) is 18.7. The second-order valence-electron chi connectivity index (χ2n) is 15.6. The summed E-state index contributed by atoms with van der Waals surface area (Å²) >= 11 is 0. The molecule has 1 fully saturated rings. The van der Waals surface area contributed by atoms with Crippen LogP contribution in [-0.2, 0) is 25.9 Å². The highest BCUT2D eigenvalue weighted by molar-refractivity contribution is 6.74. The van der Waals surface area contributed by atoms with E-state index in [4.69, 9.17) is 23.6 Å². The Hall–Kier alpha value is -1.73. The Morgan fingerprint density at radius 2 is 1.61 bits per heavy atom. The molecule has 1 saturated heterocycles. The van der Waals surface area contributed by atoms with Gasteiger partial charge in [-0.25, -0.2) is 0 Å². The van der Waals surface area contributed by atoms with Gasteiger partial charge >= 0.3 is 0 Å². The summed E-state index contributed by atoms with van der Waals surface area (Å²) in [5.41, 5.74) is 7.27. The smallest absolute Gasteiger partial charge is 0.192 e. The molecule has 226 valence electrons. The van der Waals surface area contributed by atoms with Crippen LogP contribution >= 0.6 is 0 Å². The monoisotopic (exact) mass is 579 g/mol. The van der Waals surface area contributed by atoms with Crippen molar-refractivity contribution in [3.63, 3.8) is 0 Å². The summed E-state index contributed by atoms with van der Waals surface area (Å²) in [5, 5.41) is 0.123. The van der Waals surface area contributed by atoms with Crippen LogP contribution in [0.1, 0.15) is 133 Å². The summed E-state index contributed by atoms with van der Waals surface area (Å²) in [5.74, 6) is 1.17. The van der Waals surface area contributed by atoms with Crippen molar-refractivity contribution in [2.45, 2.75) is 136 Å². The van der Waals surface area contributed by atoms with E-state index in [2.05, 4.69) is 99.7 Å². The second-order valence-corrected chi connectivity index (χ2v) is 20.3. The van der Waals surface area contributed by atoms with Gasteiger partial charge in [-0.05, 0) is 79.4 Å². The van der Waals surface area contributed by atoms with Crippen LogP contribution in [0, 0.1) is 5.41 Å². The zero-order chi connectivity index (χ0) is 30.0. The fourth-order valence-corrected chi connectivity index (χ4v) is 8.03. The number of hydrogen-bond donors (Lipinski definition) is 0. The molecule has 1 aromatic carbocycles. The standard InChI is InChI=1S/C35H53NO4Si/c1-22(2)31-29-30(28-26(36-31)20-34(8,9)21-27(28)40-41(10,11)33(5,6)7)35(16-18-37-19-17-35)39-32(29)24-12-14-25(15-13-24)38-23(3)4/h12-15,22-23,27,32H,16-21H2,1-11H3. The van der Waals surface area contributed by atoms with Crippen LogP contribution < -0.4 is 4.74 Å². The average Bonchev–Trinajstić information content (AvgIpc) is 3.16. The molecule has 0 radical (unpaired) electrons. The summed E-state index contributed by atoms with van der Waals surface area (Å²) in [6.07, 6.45) is 3.66. The Labute approximate surface area is 249 Å². The van der Waals surface area contributed by atoms with E-state index in [1.807, 2.05) is 0 Å². The van der Waals surface area contributed by atoms with Gasteiger partial charge in [0.2, 0.25) is 0 Å². The molecule has 0 saturated carbocycles. The molecule has 0 N–H and O–H groups in total. The molecule has 2 aromatic rings. The van der Waals surface area contributed by atoms with Gasteiger partial charge in [0.15, 0.2) is 8.32 Å². The van der Waals surface area contributed by atoms with Crippen LogP contribution in [0.4, 0.5) is 0 Å². The van der Waals surface area contributed by atoms with E-state index in [0.717, 1.165) is 37.0 Å². The maximum Gasteiger partial charge on any atom is 0.192 e. The van der Waals surface area contributed by atoms with Gasteiger partial charge in [0.05, 0.1) is 17.8 Å². The molecule has 5 nitrogen and oxygen atoms in total. The Balaban J connectivity index is 1.74. The molecule has 3 heterocycles. The molecule has 2 aliphatic heterocycles. The van der Waals surface area contributed by atoms with Crippen LogP contribution in [-0.4, -0.2) is 32.6 Å². The molecular formula is C35H53NO4Si. The van der Waals surface area contributed by atoms with E-state index in [1.54, 1.807) is 0 Å². The van der Waals surface area contributed by atoms with Crippen molar-refractivity contribution >= 4 is 8.32 Å². The maximum absolute atomic E-state index is 7.35. The van der Waals surface area contributed by atoms with Crippen LogP contribution in [0.3, 0.4) is 0 Å². The molecular weight excluding hydrogens is 526 g/mol. The van der Waals surface area contributed by atoms with Crippen LogP contribution in [0.5, 0.6) is 5.75 Å². The first-order chi connectivity index (χ1) is 19.0. The number of benzene rings is 1. The van der Waals surface area contributed by atoms with E-state index in [-0.39, 0.29) is 34.7 Å². The largest absolute Gasteiger partial charge is 0.491 e. The number of rotatable bonds is 6. The lowest BCUT2D eigenvalue weighted by molar-refractivity contribution is -0.122. The minimum Gasteiger partial charge on any atom is -0.491 e. The van der Waals surface area contributed by atoms with Crippen molar-refractivity contribution in [1.29, 1.82) is 0 Å². The Kier molecular flexibility index (Phi) is 8.06. The number of aromatic nitrogens is 1. The van der Waals surface area contributed by atoms with Crippen molar-refractivity contribution in [2.75, 3.05) is 13.2 Å². The van der Waals surface area contributed by atoms with Gasteiger partial charge in [-0.2, -0.15) is 0 Å². The molecule has 1 spiro atoms. The molecule has 0 bridgehead atoms. The first-order valence-electron chi connectivity index (χ1n) is 15.8. The van der Waals surface area contributed by atoms with E-state index >= 15 is 0 Å². The minimum atomic E-state index is -2.06. The summed E-state index contributed by atoms with van der Waals surface area (Å²) in [6.45, 7) is 26.6. The number of nitrogens with zero attached hydrogens (tertiary/aromatic N) is 1. The van der Waals surface area contributed by atoms with E-state index in [9.17, 15) is 0 Å². The van der Waals surface area contributed by atoms with E-state index in [1.165, 1.54) is 28.1 Å². The molecule has 2 atom stereocenters. The van der Waals surface area contributed by atoms with E-state index in [0.29, 0.717) is 13.2 Å². The van der Waals surface area contributed by atoms with Crippen LogP contribution in [0.15, 0.2) is 24.3 Å². The van der Waals surface area contributed by atoms with Crippen molar-refractivity contribution in [3.8, 4) is 5.75 Å². The maximum atomic E-state index is 7.35. The quantitative estimate of drug-likeness (QED) is 0.319. The first kappa shape index (κ1) is 30.7. The summed E-state index contributed by atoms with van der Waals surface area (Å²) < 4.78 is 26.6. The molecule has 6 heteroatoms. The normalized spacial score (nSPS) is 23.6. The molecule has 3 aliphatic rings. The molecule has 1 aromatic heterocycles. The molecule has 5 rings (SSSR count). The van der Waals surface area contributed by atoms with Gasteiger partial charge in [-0.1, -0.05) is 60.6 Å². The highest BCUT2D eigenvalue weighted by Crippen LogP contribution is 2.59. The zero-order valence-electron chi connectivity index (χ0n) is 27.4. The Morgan fingerprint density at radius 3 is 2.17 bits per heavy atom. The Morgan fingerprint density at radius 1 is 0.976 bits per heavy atom. The number of hydrogen-bond acceptors (Lipinski definition) is 5. The fraction of sp³-hybridized carbons (Fsp3) is 0.686. The summed E-state index contributed by atoms with van der Waals surface area (Å²) in [6, 6.07) is 8.53. The summed E-state index contributed by atoms with van der Waals surface area (Å²) in [4.78, 5) is 5.53. The third-order valence-corrected chi connectivity index (χ3v) is 14.3. The number of fused-ring (bicyclic) bond motifs is 4. The summed E-state index contributed by atoms with van der Waals surface area (Å²) in [7, 11) is -2.06. The lowest BCUT2D eigenvalue weighted by atomic mass is 9.70. The molecule has 0 amide bonds. The zero-order valence-corrected chi connectivity index (χ0v) is 28.4. The fourth-order valence-electron chi connectivity index (χ4n) is 6.76. The predicted octanol–water partition coefficient (Wildman–Crippen LogP) is 9.15. The Bertz CT molecular complexity index is 1250. The SMILES string of the molecule is CC(C)Oc1ccc(C2OC3(CCOCC3)c3c4c(nc(C(C)C)c32)CC(C)(C)CC4O[Si](C)(C)C(C)(C)C)cc1. The van der Waals surface area contributed by atoms with Crippen molar-refractivity contribution in [3.05, 3.63) is 57.9 Å². The second kappa shape index (κ2) is 10.8. The van der Waals surface area contributed by atoms with Crippen molar-refractivity contribution in [2.24, 2.45) is 5.41 Å². The lowest BCUT2D eigenvalue weighted by Gasteiger charge is -2.46. The van der Waals surface area contributed by atoms with Gasteiger partial charge in [0, 0.05) is 48.6 Å². The third kappa shape index (κ3) is 5.79. The van der Waals surface area contributed by atoms with Crippen LogP contribution in [0.25, 0.3) is 0 Å². The minimum absolute atomic E-state index is 0.0148. The molecule has 2 unspecified atom stereocenters. The molecule has 41 heavy (non-hydrogen) atoms. The number of pyridine rings is 1. The van der Waals surface area contributed by atoms with Gasteiger partial charge in [0.25, 0.3) is 0 Å². The third-order valence-electron chi connectivity index (χ3n) is 9.79. The van der Waals surface area contributed by atoms with Gasteiger partial charge < -0.3 is 18.6 Å². The van der Waals surface area contributed by atoms with Gasteiger partial charge in [-0.3, -0.25) is 4.98 Å². The van der Waals surface area contributed by atoms with E-state index < -0.39 is 13.9 Å². The van der Waals surface area contributed by atoms with Crippen molar-refractivity contribution in [1.82, 2.24) is 4.98 Å². The topological polar surface area (TPSA) is 49.8 Å². The number of ether oxygens (including phenoxy) is 3. The highest BCUT2D eigenvalue weighted by atomic mass is 28.4. The lowest BCUT2D eigenvalue weighted by Crippen LogP contribution is -2.45. The van der Waals surface area contributed by atoms with Crippen LogP contribution in [0.2, 0.25) is 18.1 Å². The van der Waals surface area contributed by atoms with Crippen molar-refractivity contribution < 1.29 is 18.6 Å². The average molecular weight is 580 g/mol. The highest BCUT2D eigenvalue weighted by Gasteiger charge is 2.53. The molecule has 1 aliphatic carbocycles. The van der Waals surface area contributed by atoms with Gasteiger partial charge in [-0.15, -0.1) is 0 Å².